The van der Waals surface area contributed by atoms with Crippen molar-refractivity contribution in [1.82, 2.24) is 25.7 Å². The molecule has 6 rings (SSSR count). The Hall–Kier alpha value is -5.98. The molecule has 50 heavy (non-hydrogen) atoms. The lowest BCUT2D eigenvalue weighted by atomic mass is 10.0. The van der Waals surface area contributed by atoms with Gasteiger partial charge in [-0.3, -0.25) is 24.5 Å². The standard InChI is InChI=1S/C37H39N7O6/c38-35-31(20-28(42-43-35)26-7-1-2-9-30(26)45)50-19-17-23-11-13-24(14-12-23)21-40-32(46)10-3-4-18-39-27-8-5-6-25-22-44(37(49)34(25)27)29-15-16-33(47)41-36(29)48/h1-2,5-9,11-14,20,29,39,45H,3-4,10,15-19,21-22H2,(H2,38,43)(H,40,46)(H,41,47,48). The molecule has 1 aromatic heterocycles. The highest BCUT2D eigenvalue weighted by molar-refractivity contribution is 6.07. The van der Waals surface area contributed by atoms with Gasteiger partial charge in [0.1, 0.15) is 17.5 Å². The molecule has 13 heteroatoms. The fraction of sp³-hybridized carbons (Fsp3) is 0.297. The van der Waals surface area contributed by atoms with E-state index in [4.69, 9.17) is 10.5 Å². The van der Waals surface area contributed by atoms with Crippen LogP contribution in [0.4, 0.5) is 11.5 Å². The zero-order valence-corrected chi connectivity index (χ0v) is 27.5. The lowest BCUT2D eigenvalue weighted by Gasteiger charge is -2.29. The molecule has 1 unspecified atom stereocenters. The van der Waals surface area contributed by atoms with Crippen LogP contribution in [0, 0.1) is 0 Å². The second-order valence-corrected chi connectivity index (χ2v) is 12.3. The fourth-order valence-corrected chi connectivity index (χ4v) is 6.11. The van der Waals surface area contributed by atoms with Crippen LogP contribution in [-0.2, 0) is 33.9 Å². The smallest absolute Gasteiger partial charge is 0.257 e. The molecule has 0 bridgehead atoms. The van der Waals surface area contributed by atoms with E-state index in [9.17, 15) is 24.3 Å². The zero-order chi connectivity index (χ0) is 35.0. The number of piperidine rings is 1. The van der Waals surface area contributed by atoms with Gasteiger partial charge in [-0.05, 0) is 54.2 Å². The normalized spacial score (nSPS) is 15.4. The van der Waals surface area contributed by atoms with Crippen molar-refractivity contribution >= 4 is 35.1 Å². The van der Waals surface area contributed by atoms with Gasteiger partial charge in [0, 0.05) is 56.2 Å². The number of carbonyl (C=O) groups excluding carboxylic acids is 4. The summed E-state index contributed by atoms with van der Waals surface area (Å²) in [5, 5.41) is 26.8. The summed E-state index contributed by atoms with van der Waals surface area (Å²) in [6.07, 6.45) is 2.96. The molecule has 13 nitrogen and oxygen atoms in total. The molecular formula is C37H39N7O6. The number of nitrogen functional groups attached to an aromatic ring is 1. The van der Waals surface area contributed by atoms with Crippen molar-refractivity contribution in [2.75, 3.05) is 24.2 Å². The molecule has 0 aliphatic carbocycles. The average Bonchev–Trinajstić information content (AvgIpc) is 3.45. The van der Waals surface area contributed by atoms with E-state index in [0.29, 0.717) is 80.2 Å². The lowest BCUT2D eigenvalue weighted by Crippen LogP contribution is -2.52. The van der Waals surface area contributed by atoms with Crippen LogP contribution in [0.1, 0.15) is 59.2 Å². The number of hydrogen-bond acceptors (Lipinski definition) is 10. The monoisotopic (exact) mass is 677 g/mol. The van der Waals surface area contributed by atoms with E-state index in [-0.39, 0.29) is 35.7 Å². The fourth-order valence-electron chi connectivity index (χ4n) is 6.11. The maximum absolute atomic E-state index is 13.2. The molecule has 6 N–H and O–H groups in total. The number of unbranched alkanes of at least 4 members (excludes halogenated alkanes) is 1. The van der Waals surface area contributed by atoms with Gasteiger partial charge in [-0.15, -0.1) is 10.2 Å². The lowest BCUT2D eigenvalue weighted by molar-refractivity contribution is -0.137. The molecule has 1 fully saturated rings. The largest absolute Gasteiger partial charge is 0.507 e. The summed E-state index contributed by atoms with van der Waals surface area (Å²) in [6, 6.07) is 21.4. The van der Waals surface area contributed by atoms with Crippen molar-refractivity contribution < 1.29 is 29.0 Å². The molecule has 4 aromatic rings. The summed E-state index contributed by atoms with van der Waals surface area (Å²) >= 11 is 0. The van der Waals surface area contributed by atoms with Crippen molar-refractivity contribution in [3.63, 3.8) is 0 Å². The van der Waals surface area contributed by atoms with E-state index in [1.807, 2.05) is 42.5 Å². The van der Waals surface area contributed by atoms with Gasteiger partial charge < -0.3 is 31.1 Å². The predicted molar refractivity (Wildman–Crippen MR) is 186 cm³/mol. The van der Waals surface area contributed by atoms with Gasteiger partial charge in [-0.1, -0.05) is 48.5 Å². The van der Waals surface area contributed by atoms with Crippen LogP contribution in [0.3, 0.4) is 0 Å². The number of hydrogen-bond donors (Lipinski definition) is 5. The maximum Gasteiger partial charge on any atom is 0.257 e. The second kappa shape index (κ2) is 15.5. The van der Waals surface area contributed by atoms with Crippen LogP contribution < -0.4 is 26.4 Å². The first-order valence-electron chi connectivity index (χ1n) is 16.7. The summed E-state index contributed by atoms with van der Waals surface area (Å²) in [5.41, 5.74) is 11.1. The first kappa shape index (κ1) is 33.9. The summed E-state index contributed by atoms with van der Waals surface area (Å²) in [6.45, 7) is 1.70. The van der Waals surface area contributed by atoms with Crippen molar-refractivity contribution in [3.8, 4) is 22.8 Å². The van der Waals surface area contributed by atoms with Crippen molar-refractivity contribution in [2.24, 2.45) is 0 Å². The highest BCUT2D eigenvalue weighted by Gasteiger charge is 2.40. The number of nitrogens with one attached hydrogen (secondary N) is 3. The molecule has 1 atom stereocenters. The number of phenols is 1. The van der Waals surface area contributed by atoms with Gasteiger partial charge in [0.05, 0.1) is 12.2 Å². The van der Waals surface area contributed by atoms with Gasteiger partial charge >= 0.3 is 0 Å². The summed E-state index contributed by atoms with van der Waals surface area (Å²) in [5.74, 6) is -0.337. The molecule has 4 amide bonds. The minimum absolute atomic E-state index is 0.0371. The van der Waals surface area contributed by atoms with Gasteiger partial charge in [-0.2, -0.15) is 0 Å². The van der Waals surface area contributed by atoms with Crippen LogP contribution >= 0.6 is 0 Å². The number of rotatable bonds is 14. The number of benzene rings is 3. The molecule has 3 heterocycles. The SMILES string of the molecule is Nc1nnc(-c2ccccc2O)cc1OCCc1ccc(CNC(=O)CCCCNc2cccc3c2C(=O)N(C2CCC(=O)NC2=O)C3)cc1. The Morgan fingerprint density at radius 2 is 1.80 bits per heavy atom. The summed E-state index contributed by atoms with van der Waals surface area (Å²) in [7, 11) is 0. The molecule has 3 aromatic carbocycles. The van der Waals surface area contributed by atoms with Gasteiger partial charge in [0.25, 0.3) is 5.91 Å². The van der Waals surface area contributed by atoms with E-state index < -0.39 is 11.9 Å². The third-order valence-electron chi connectivity index (χ3n) is 8.83. The number of para-hydroxylation sites is 1. The number of carbonyl (C=O) groups is 4. The average molecular weight is 678 g/mol. The highest BCUT2D eigenvalue weighted by Crippen LogP contribution is 2.33. The molecule has 2 aliphatic heterocycles. The zero-order valence-electron chi connectivity index (χ0n) is 27.5. The quantitative estimate of drug-likeness (QED) is 0.0972. The number of ether oxygens (including phenoxy) is 1. The van der Waals surface area contributed by atoms with Crippen LogP contribution in [0.2, 0.25) is 0 Å². The predicted octanol–water partition coefficient (Wildman–Crippen LogP) is 3.71. The van der Waals surface area contributed by atoms with Crippen molar-refractivity contribution in [3.05, 3.63) is 95.1 Å². The minimum atomic E-state index is -0.652. The number of fused-ring (bicyclic) bond motifs is 1. The number of phenolic OH excluding ortho intramolecular Hbond substituents is 1. The molecule has 1 saturated heterocycles. The van der Waals surface area contributed by atoms with E-state index in [1.54, 1.807) is 30.3 Å². The van der Waals surface area contributed by atoms with E-state index in [2.05, 4.69) is 26.1 Å². The van der Waals surface area contributed by atoms with Gasteiger partial charge in [0.2, 0.25) is 17.7 Å². The molecule has 0 radical (unpaired) electrons. The Morgan fingerprint density at radius 3 is 2.60 bits per heavy atom. The molecule has 258 valence electrons. The van der Waals surface area contributed by atoms with E-state index in [0.717, 1.165) is 23.1 Å². The van der Waals surface area contributed by atoms with Gasteiger partial charge in [0.15, 0.2) is 11.6 Å². The van der Waals surface area contributed by atoms with E-state index >= 15 is 0 Å². The van der Waals surface area contributed by atoms with Crippen molar-refractivity contribution in [2.45, 2.75) is 57.7 Å². The third-order valence-corrected chi connectivity index (χ3v) is 8.83. The van der Waals surface area contributed by atoms with E-state index in [1.165, 1.54) is 4.90 Å². The summed E-state index contributed by atoms with van der Waals surface area (Å²) in [4.78, 5) is 51.2. The highest BCUT2D eigenvalue weighted by atomic mass is 16.5. The number of nitrogens with zero attached hydrogens (tertiary/aromatic N) is 3. The Bertz CT molecular complexity index is 1900. The molecule has 0 spiro atoms. The van der Waals surface area contributed by atoms with Gasteiger partial charge in [-0.25, -0.2) is 0 Å². The number of nitrogens with two attached hydrogens (primary N) is 1. The van der Waals surface area contributed by atoms with Crippen molar-refractivity contribution in [1.29, 1.82) is 0 Å². The Kier molecular flexibility index (Phi) is 10.5. The minimum Gasteiger partial charge on any atom is -0.507 e. The van der Waals surface area contributed by atoms with Crippen LogP contribution in [0.25, 0.3) is 11.3 Å². The molecular weight excluding hydrogens is 638 g/mol. The first-order valence-corrected chi connectivity index (χ1v) is 16.7. The number of anilines is 2. The molecule has 0 saturated carbocycles. The van der Waals surface area contributed by atoms with Crippen LogP contribution in [0.5, 0.6) is 11.5 Å². The number of amides is 4. The maximum atomic E-state index is 13.2. The summed E-state index contributed by atoms with van der Waals surface area (Å²) < 4.78 is 5.88. The Balaban J connectivity index is 0.890. The number of imide groups is 1. The Labute approximate surface area is 289 Å². The topological polar surface area (TPSA) is 189 Å². The third kappa shape index (κ3) is 8.00. The Morgan fingerprint density at radius 1 is 1.00 bits per heavy atom. The van der Waals surface area contributed by atoms with Crippen LogP contribution in [-0.4, -0.2) is 63.0 Å². The second-order valence-electron chi connectivity index (χ2n) is 12.3. The molecule has 2 aliphatic rings. The number of aromatic hydroxyl groups is 1. The first-order chi connectivity index (χ1) is 24.3. The van der Waals surface area contributed by atoms with Crippen LogP contribution in [0.15, 0.2) is 72.8 Å². The number of aromatic nitrogens is 2.